The molecule has 0 aliphatic carbocycles. The zero-order valence-corrected chi connectivity index (χ0v) is 15.2. The van der Waals surface area contributed by atoms with Crippen LogP contribution < -0.4 is 0 Å². The second kappa shape index (κ2) is 6.98. The topological polar surface area (TPSA) is 49.7 Å². The molecule has 142 valence electrons. The number of aromatic amines is 1. The summed E-state index contributed by atoms with van der Waals surface area (Å²) in [5.74, 6) is -0.705. The van der Waals surface area contributed by atoms with Gasteiger partial charge in [0.15, 0.2) is 0 Å². The van der Waals surface area contributed by atoms with Gasteiger partial charge in [-0.2, -0.15) is 0 Å². The largest absolute Gasteiger partial charge is 0.390 e. The van der Waals surface area contributed by atoms with Crippen LogP contribution in [0.4, 0.5) is 14.5 Å². The second-order valence-corrected chi connectivity index (χ2v) is 6.71. The van der Waals surface area contributed by atoms with Gasteiger partial charge < -0.3 is 9.82 Å². The molecule has 1 N–H and O–H groups in total. The van der Waals surface area contributed by atoms with E-state index in [1.807, 2.05) is 30.3 Å². The number of aliphatic imine (C=N–C) groups is 1. The van der Waals surface area contributed by atoms with Crippen LogP contribution in [0.1, 0.15) is 16.7 Å². The molecule has 0 bridgehead atoms. The second-order valence-electron chi connectivity index (χ2n) is 6.71. The molecule has 0 unspecified atom stereocenters. The molecule has 1 aliphatic heterocycles. The third-order valence-corrected chi connectivity index (χ3v) is 4.80. The summed E-state index contributed by atoms with van der Waals surface area (Å²) in [4.78, 5) is 13.2. The lowest BCUT2D eigenvalue weighted by atomic mass is 10.0. The summed E-state index contributed by atoms with van der Waals surface area (Å²) >= 11 is 0. The quantitative estimate of drug-likeness (QED) is 0.462. The molecule has 1 aromatic heterocycles. The van der Waals surface area contributed by atoms with E-state index in [1.165, 1.54) is 24.3 Å². The number of H-pyrrole nitrogens is 1. The zero-order valence-electron chi connectivity index (χ0n) is 15.2. The summed E-state index contributed by atoms with van der Waals surface area (Å²) in [5.41, 5.74) is 4.62. The first-order valence-electron chi connectivity index (χ1n) is 9.09. The van der Waals surface area contributed by atoms with Crippen molar-refractivity contribution in [3.8, 4) is 0 Å². The summed E-state index contributed by atoms with van der Waals surface area (Å²) in [6, 6.07) is 18.6. The third kappa shape index (κ3) is 3.18. The van der Waals surface area contributed by atoms with Crippen LogP contribution >= 0.6 is 0 Å². The number of halogens is 2. The Morgan fingerprint density at radius 2 is 1.69 bits per heavy atom. The summed E-state index contributed by atoms with van der Waals surface area (Å²) in [7, 11) is 0. The van der Waals surface area contributed by atoms with Gasteiger partial charge in [0.05, 0.1) is 5.69 Å². The van der Waals surface area contributed by atoms with Crippen molar-refractivity contribution in [2.24, 2.45) is 10.1 Å². The molecular formula is C23H15F2N3O. The lowest BCUT2D eigenvalue weighted by molar-refractivity contribution is 0.131. The predicted octanol–water partition coefficient (Wildman–Crippen LogP) is 5.50. The van der Waals surface area contributed by atoms with E-state index in [0.29, 0.717) is 34.8 Å². The molecule has 0 amide bonds. The van der Waals surface area contributed by atoms with E-state index < -0.39 is 0 Å². The van der Waals surface area contributed by atoms with Gasteiger partial charge >= 0.3 is 0 Å². The minimum absolute atomic E-state index is 0.299. The maximum Gasteiger partial charge on any atom is 0.142 e. The lowest BCUT2D eigenvalue weighted by Gasteiger charge is -2.05. The fourth-order valence-electron chi connectivity index (χ4n) is 3.42. The molecule has 0 spiro atoms. The van der Waals surface area contributed by atoms with Crippen LogP contribution in [0.25, 0.3) is 10.9 Å². The molecule has 4 aromatic rings. The van der Waals surface area contributed by atoms with Crippen molar-refractivity contribution >= 4 is 28.0 Å². The minimum atomic E-state index is -0.376. The molecule has 2 heterocycles. The van der Waals surface area contributed by atoms with E-state index in [4.69, 9.17) is 4.84 Å². The van der Waals surface area contributed by atoms with Gasteiger partial charge in [0.2, 0.25) is 0 Å². The summed E-state index contributed by atoms with van der Waals surface area (Å²) in [6.07, 6.45) is 1.75. The molecule has 4 nitrogen and oxygen atoms in total. The first-order chi connectivity index (χ1) is 14.2. The number of aromatic nitrogens is 1. The number of benzene rings is 3. The average molecular weight is 387 g/mol. The monoisotopic (exact) mass is 387 g/mol. The standard InChI is InChI=1S/C23H15F2N3O/c24-15-6-8-17-19(12-26-20(17)10-15)22-23(18-9-7-16(25)11-21(18)27-22)28-29-13-14-4-2-1-3-5-14/h1-12,26H,13H2/b28-23+. The van der Waals surface area contributed by atoms with Crippen LogP contribution in [-0.4, -0.2) is 16.4 Å². The van der Waals surface area contributed by atoms with Crippen molar-refractivity contribution < 1.29 is 13.6 Å². The Hall–Kier alpha value is -3.80. The molecule has 0 atom stereocenters. The minimum Gasteiger partial charge on any atom is -0.390 e. The maximum atomic E-state index is 13.7. The first kappa shape index (κ1) is 17.3. The Morgan fingerprint density at radius 3 is 2.55 bits per heavy atom. The van der Waals surface area contributed by atoms with Crippen molar-refractivity contribution in [1.29, 1.82) is 0 Å². The summed E-state index contributed by atoms with van der Waals surface area (Å²) in [6.45, 7) is 0.299. The van der Waals surface area contributed by atoms with Gasteiger partial charge in [-0.25, -0.2) is 13.8 Å². The lowest BCUT2D eigenvalue weighted by Crippen LogP contribution is -2.13. The highest BCUT2D eigenvalue weighted by Gasteiger charge is 2.27. The molecule has 0 saturated heterocycles. The molecule has 0 saturated carbocycles. The van der Waals surface area contributed by atoms with Gasteiger partial charge in [0, 0.05) is 34.3 Å². The Kier molecular flexibility index (Phi) is 4.17. The number of oxime groups is 1. The fraction of sp³-hybridized carbons (Fsp3) is 0.0435. The highest BCUT2D eigenvalue weighted by Crippen LogP contribution is 2.32. The Labute approximate surface area is 165 Å². The maximum absolute atomic E-state index is 13.7. The van der Waals surface area contributed by atoms with E-state index in [0.717, 1.165) is 16.5 Å². The molecule has 0 radical (unpaired) electrons. The molecule has 0 fully saturated rings. The first-order valence-corrected chi connectivity index (χ1v) is 9.09. The van der Waals surface area contributed by atoms with Crippen molar-refractivity contribution in [2.75, 3.05) is 0 Å². The van der Waals surface area contributed by atoms with Crippen LogP contribution in [0.5, 0.6) is 0 Å². The third-order valence-electron chi connectivity index (χ3n) is 4.80. The molecule has 29 heavy (non-hydrogen) atoms. The summed E-state index contributed by atoms with van der Waals surface area (Å²) < 4.78 is 27.3. The van der Waals surface area contributed by atoms with Crippen LogP contribution in [0.2, 0.25) is 0 Å². The fourth-order valence-corrected chi connectivity index (χ4v) is 3.42. The number of nitrogens with one attached hydrogen (secondary N) is 1. The van der Waals surface area contributed by atoms with Gasteiger partial charge in [-0.05, 0) is 35.9 Å². The predicted molar refractivity (Wildman–Crippen MR) is 109 cm³/mol. The Morgan fingerprint density at radius 1 is 0.897 bits per heavy atom. The number of rotatable bonds is 4. The number of hydrogen-bond acceptors (Lipinski definition) is 3. The van der Waals surface area contributed by atoms with E-state index >= 15 is 0 Å². The van der Waals surface area contributed by atoms with Gasteiger partial charge in [-0.15, -0.1) is 0 Å². The van der Waals surface area contributed by atoms with Crippen molar-refractivity contribution in [3.05, 3.63) is 101 Å². The zero-order chi connectivity index (χ0) is 19.8. The Balaban J connectivity index is 1.56. The van der Waals surface area contributed by atoms with Gasteiger partial charge in [0.1, 0.15) is 29.7 Å². The normalized spacial score (nSPS) is 14.3. The Bertz CT molecular complexity index is 1280. The van der Waals surface area contributed by atoms with E-state index in [2.05, 4.69) is 15.1 Å². The number of hydrogen-bond donors (Lipinski definition) is 1. The average Bonchev–Trinajstić information content (AvgIpc) is 3.29. The summed E-state index contributed by atoms with van der Waals surface area (Å²) in [5, 5.41) is 5.13. The van der Waals surface area contributed by atoms with Crippen molar-refractivity contribution in [3.63, 3.8) is 0 Å². The number of nitrogens with zero attached hydrogens (tertiary/aromatic N) is 2. The van der Waals surface area contributed by atoms with Crippen molar-refractivity contribution in [1.82, 2.24) is 4.98 Å². The molecular weight excluding hydrogens is 372 g/mol. The van der Waals surface area contributed by atoms with Crippen LogP contribution in [-0.2, 0) is 11.4 Å². The van der Waals surface area contributed by atoms with Crippen molar-refractivity contribution in [2.45, 2.75) is 6.61 Å². The highest BCUT2D eigenvalue weighted by molar-refractivity contribution is 6.58. The van der Waals surface area contributed by atoms with Crippen LogP contribution in [0, 0.1) is 11.6 Å². The van der Waals surface area contributed by atoms with Crippen LogP contribution in [0.15, 0.2) is 83.1 Å². The SMILES string of the molecule is Fc1ccc2c(c1)N=C(c1c[nH]c3cc(F)ccc13)/C2=N/OCc1ccccc1. The van der Waals surface area contributed by atoms with Gasteiger partial charge in [-0.3, -0.25) is 0 Å². The van der Waals surface area contributed by atoms with E-state index in [-0.39, 0.29) is 11.6 Å². The van der Waals surface area contributed by atoms with Gasteiger partial charge in [0.25, 0.3) is 0 Å². The number of fused-ring (bicyclic) bond motifs is 2. The molecule has 5 rings (SSSR count). The highest BCUT2D eigenvalue weighted by atomic mass is 19.1. The van der Waals surface area contributed by atoms with E-state index in [9.17, 15) is 8.78 Å². The van der Waals surface area contributed by atoms with E-state index in [1.54, 1.807) is 18.3 Å². The molecule has 1 aliphatic rings. The van der Waals surface area contributed by atoms with Crippen LogP contribution in [0.3, 0.4) is 0 Å². The molecule has 6 heteroatoms. The van der Waals surface area contributed by atoms with Gasteiger partial charge in [-0.1, -0.05) is 35.5 Å². The smallest absolute Gasteiger partial charge is 0.142 e. The molecule has 3 aromatic carbocycles.